The first-order valence-electron chi connectivity index (χ1n) is 8.96. The third-order valence-electron chi connectivity index (χ3n) is 4.68. The van der Waals surface area contributed by atoms with Gasteiger partial charge in [0.25, 0.3) is 0 Å². The molecule has 1 saturated heterocycles. The van der Waals surface area contributed by atoms with Gasteiger partial charge < -0.3 is 10.1 Å². The Balaban J connectivity index is 1.49. The molecular formula is C20H22Cl3N3O2. The van der Waals surface area contributed by atoms with Gasteiger partial charge in [-0.25, -0.2) is 0 Å². The van der Waals surface area contributed by atoms with Crippen LogP contribution in [0.25, 0.3) is 0 Å². The highest BCUT2D eigenvalue weighted by molar-refractivity contribution is 6.35. The van der Waals surface area contributed by atoms with Crippen LogP contribution in [0.5, 0.6) is 5.75 Å². The van der Waals surface area contributed by atoms with Crippen LogP contribution in [0.3, 0.4) is 0 Å². The number of carbonyl (C=O) groups is 1. The molecule has 0 radical (unpaired) electrons. The summed E-state index contributed by atoms with van der Waals surface area (Å²) in [5.74, 6) is 0.497. The number of hydrogen-bond donors (Lipinski definition) is 1. The second-order valence-corrected chi connectivity index (χ2v) is 7.96. The quantitative estimate of drug-likeness (QED) is 0.720. The van der Waals surface area contributed by atoms with Crippen molar-refractivity contribution in [3.05, 3.63) is 57.0 Å². The van der Waals surface area contributed by atoms with E-state index in [9.17, 15) is 4.79 Å². The summed E-state index contributed by atoms with van der Waals surface area (Å²) in [4.78, 5) is 16.9. The van der Waals surface area contributed by atoms with Gasteiger partial charge in [0, 0.05) is 47.8 Å². The smallest absolute Gasteiger partial charge is 0.238 e. The van der Waals surface area contributed by atoms with Crippen LogP contribution in [0, 0.1) is 0 Å². The molecule has 0 saturated carbocycles. The summed E-state index contributed by atoms with van der Waals surface area (Å²) in [6.07, 6.45) is 0. The summed E-state index contributed by atoms with van der Waals surface area (Å²) in [6.45, 7) is 4.46. The molecule has 0 bridgehead atoms. The van der Waals surface area contributed by atoms with Gasteiger partial charge in [-0.2, -0.15) is 0 Å². The number of nitrogens with one attached hydrogen (secondary N) is 1. The number of anilines is 1. The number of carbonyl (C=O) groups excluding carboxylic acids is 1. The molecule has 0 atom stereocenters. The number of rotatable bonds is 6. The van der Waals surface area contributed by atoms with Crippen LogP contribution in [-0.4, -0.2) is 55.5 Å². The highest BCUT2D eigenvalue weighted by Gasteiger charge is 2.20. The predicted octanol–water partition coefficient (Wildman–Crippen LogP) is 4.41. The Morgan fingerprint density at radius 2 is 1.64 bits per heavy atom. The topological polar surface area (TPSA) is 44.8 Å². The fourth-order valence-corrected chi connectivity index (χ4v) is 3.81. The van der Waals surface area contributed by atoms with Crippen LogP contribution in [0.4, 0.5) is 5.69 Å². The fraction of sp³-hybridized carbons (Fsp3) is 0.350. The molecule has 8 heteroatoms. The summed E-state index contributed by atoms with van der Waals surface area (Å²) in [5.41, 5.74) is 1.64. The lowest BCUT2D eigenvalue weighted by atomic mass is 10.2. The minimum Gasteiger partial charge on any atom is -0.495 e. The third-order valence-corrected chi connectivity index (χ3v) is 5.50. The van der Waals surface area contributed by atoms with E-state index in [2.05, 4.69) is 15.1 Å². The number of piperazine rings is 1. The van der Waals surface area contributed by atoms with Gasteiger partial charge in [0.2, 0.25) is 5.91 Å². The normalized spacial score (nSPS) is 15.4. The molecule has 0 unspecified atom stereocenters. The summed E-state index contributed by atoms with van der Waals surface area (Å²) in [6, 6.07) is 10.7. The Labute approximate surface area is 180 Å². The van der Waals surface area contributed by atoms with E-state index in [1.54, 1.807) is 31.4 Å². The number of halogens is 3. The molecule has 3 rings (SSSR count). The van der Waals surface area contributed by atoms with E-state index in [0.29, 0.717) is 33.0 Å². The Hall–Kier alpha value is -1.50. The van der Waals surface area contributed by atoms with E-state index in [0.717, 1.165) is 38.3 Å². The zero-order valence-corrected chi connectivity index (χ0v) is 17.8. The molecule has 1 heterocycles. The maximum Gasteiger partial charge on any atom is 0.238 e. The maximum absolute atomic E-state index is 12.4. The first-order chi connectivity index (χ1) is 13.4. The first-order valence-corrected chi connectivity index (χ1v) is 10.1. The van der Waals surface area contributed by atoms with Gasteiger partial charge in [-0.15, -0.1) is 0 Å². The van der Waals surface area contributed by atoms with E-state index in [4.69, 9.17) is 39.5 Å². The van der Waals surface area contributed by atoms with Crippen LogP contribution in [0.1, 0.15) is 5.56 Å². The zero-order chi connectivity index (χ0) is 20.1. The standard InChI is InChI=1S/C20H22Cl3N3O2/c1-28-19-5-4-16(22)11-18(19)24-20(27)13-26-8-6-25(7-9-26)12-14-2-3-15(21)10-17(14)23/h2-5,10-11H,6-9,12-13H2,1H3,(H,24,27). The van der Waals surface area contributed by atoms with Crippen molar-refractivity contribution >= 4 is 46.4 Å². The number of methoxy groups -OCH3 is 1. The second-order valence-electron chi connectivity index (χ2n) is 6.68. The SMILES string of the molecule is COc1ccc(Cl)cc1NC(=O)CN1CCN(Cc2ccc(Cl)cc2Cl)CC1. The molecule has 1 amide bonds. The highest BCUT2D eigenvalue weighted by Crippen LogP contribution is 2.27. The summed E-state index contributed by atoms with van der Waals surface area (Å²) in [5, 5.41) is 4.75. The van der Waals surface area contributed by atoms with Gasteiger partial charge in [0.15, 0.2) is 0 Å². The van der Waals surface area contributed by atoms with Crippen molar-refractivity contribution in [2.45, 2.75) is 6.54 Å². The lowest BCUT2D eigenvalue weighted by Gasteiger charge is -2.34. The van der Waals surface area contributed by atoms with Crippen molar-refractivity contribution in [2.24, 2.45) is 0 Å². The van der Waals surface area contributed by atoms with Crippen LogP contribution in [0.2, 0.25) is 15.1 Å². The van der Waals surface area contributed by atoms with Crippen LogP contribution < -0.4 is 10.1 Å². The molecule has 0 spiro atoms. The van der Waals surface area contributed by atoms with E-state index in [1.807, 2.05) is 12.1 Å². The summed E-state index contributed by atoms with van der Waals surface area (Å²) in [7, 11) is 1.56. The lowest BCUT2D eigenvalue weighted by molar-refractivity contribution is -0.117. The van der Waals surface area contributed by atoms with Crippen molar-refractivity contribution in [2.75, 3.05) is 45.2 Å². The minimum atomic E-state index is -0.0882. The average Bonchev–Trinajstić information content (AvgIpc) is 2.65. The molecule has 0 aliphatic carbocycles. The lowest BCUT2D eigenvalue weighted by Crippen LogP contribution is -2.48. The molecule has 5 nitrogen and oxygen atoms in total. The van der Waals surface area contributed by atoms with Gasteiger partial charge in [0.05, 0.1) is 19.3 Å². The fourth-order valence-electron chi connectivity index (χ4n) is 3.17. The average molecular weight is 443 g/mol. The Morgan fingerprint density at radius 3 is 2.32 bits per heavy atom. The molecule has 1 N–H and O–H groups in total. The van der Waals surface area contributed by atoms with Crippen molar-refractivity contribution in [1.82, 2.24) is 9.80 Å². The van der Waals surface area contributed by atoms with Gasteiger partial charge in [-0.05, 0) is 35.9 Å². The molecule has 150 valence electrons. The van der Waals surface area contributed by atoms with E-state index in [1.165, 1.54) is 0 Å². The van der Waals surface area contributed by atoms with Crippen molar-refractivity contribution in [3.63, 3.8) is 0 Å². The molecule has 28 heavy (non-hydrogen) atoms. The van der Waals surface area contributed by atoms with Crippen LogP contribution in [0.15, 0.2) is 36.4 Å². The second kappa shape index (κ2) is 9.81. The largest absolute Gasteiger partial charge is 0.495 e. The molecule has 2 aromatic carbocycles. The van der Waals surface area contributed by atoms with Crippen LogP contribution >= 0.6 is 34.8 Å². The first kappa shape index (κ1) is 21.2. The van der Waals surface area contributed by atoms with Gasteiger partial charge in [-0.1, -0.05) is 40.9 Å². The van der Waals surface area contributed by atoms with Crippen molar-refractivity contribution in [1.29, 1.82) is 0 Å². The molecule has 0 aromatic heterocycles. The molecular weight excluding hydrogens is 421 g/mol. The summed E-state index contributed by atoms with van der Waals surface area (Å²) < 4.78 is 5.27. The van der Waals surface area contributed by atoms with Gasteiger partial charge in [0.1, 0.15) is 5.75 Å². The predicted molar refractivity (Wildman–Crippen MR) is 115 cm³/mol. The monoisotopic (exact) mass is 441 g/mol. The Bertz CT molecular complexity index is 839. The van der Waals surface area contributed by atoms with E-state index >= 15 is 0 Å². The third kappa shape index (κ3) is 5.75. The molecule has 1 fully saturated rings. The van der Waals surface area contributed by atoms with Crippen molar-refractivity contribution < 1.29 is 9.53 Å². The minimum absolute atomic E-state index is 0.0882. The molecule has 2 aromatic rings. The zero-order valence-electron chi connectivity index (χ0n) is 15.6. The Morgan fingerprint density at radius 1 is 1.00 bits per heavy atom. The maximum atomic E-state index is 12.4. The number of benzene rings is 2. The molecule has 1 aliphatic rings. The summed E-state index contributed by atoms with van der Waals surface area (Å²) >= 11 is 18.2. The number of ether oxygens (including phenoxy) is 1. The molecule has 1 aliphatic heterocycles. The van der Waals surface area contributed by atoms with Crippen LogP contribution in [-0.2, 0) is 11.3 Å². The van der Waals surface area contributed by atoms with Gasteiger partial charge >= 0.3 is 0 Å². The number of hydrogen-bond acceptors (Lipinski definition) is 4. The van der Waals surface area contributed by atoms with Gasteiger partial charge in [-0.3, -0.25) is 14.6 Å². The number of amides is 1. The van der Waals surface area contributed by atoms with E-state index in [-0.39, 0.29) is 5.91 Å². The van der Waals surface area contributed by atoms with E-state index < -0.39 is 0 Å². The van der Waals surface area contributed by atoms with Crippen molar-refractivity contribution in [3.8, 4) is 5.75 Å². The highest BCUT2D eigenvalue weighted by atomic mass is 35.5. The Kier molecular flexibility index (Phi) is 7.43. The number of nitrogens with zero attached hydrogens (tertiary/aromatic N) is 2.